The van der Waals surface area contributed by atoms with Crippen molar-refractivity contribution >= 4 is 111 Å². The Bertz CT molecular complexity index is 3280. The third kappa shape index (κ3) is 12.6. The van der Waals surface area contributed by atoms with E-state index in [1.54, 1.807) is 20.8 Å². The van der Waals surface area contributed by atoms with Crippen molar-refractivity contribution in [2.45, 2.75) is 71.7 Å². The summed E-state index contributed by atoms with van der Waals surface area (Å²) in [6, 6.07) is 31.8. The smallest absolute Gasteiger partial charge is 0.361 e. The van der Waals surface area contributed by atoms with Gasteiger partial charge in [-0.3, -0.25) is 33.2 Å². The molecule has 1 saturated heterocycles. The van der Waals surface area contributed by atoms with Gasteiger partial charge in [-0.15, -0.1) is 34.9 Å². The zero-order valence-corrected chi connectivity index (χ0v) is 45.4. The van der Waals surface area contributed by atoms with Crippen LogP contribution in [0.5, 0.6) is 11.5 Å². The molecule has 2 aliphatic heterocycles. The van der Waals surface area contributed by atoms with Gasteiger partial charge < -0.3 is 39.9 Å². The maximum absolute atomic E-state index is 14.8. The molecular weight excluding hydrogens is 1090 g/mol. The first kappa shape index (κ1) is 55.5. The summed E-state index contributed by atoms with van der Waals surface area (Å²) in [5, 5.41) is 31.5. The van der Waals surface area contributed by atoms with Gasteiger partial charge in [-0.2, -0.15) is 0 Å². The van der Waals surface area contributed by atoms with Crippen LogP contribution in [-0.4, -0.2) is 106 Å². The number of oxime groups is 1. The Labute approximate surface area is 459 Å². The number of β-lactam (4-membered cyclic amide) rings is 1. The molecule has 0 unspecified atom stereocenters. The number of carbonyl (C=O) groups excluding carboxylic acids is 5. The number of rotatable bonds is 20. The summed E-state index contributed by atoms with van der Waals surface area (Å²) in [6.07, 6.45) is 0. The lowest BCUT2D eigenvalue weighted by Crippen LogP contribution is -2.71. The van der Waals surface area contributed by atoms with Gasteiger partial charge >= 0.3 is 29.8 Å². The summed E-state index contributed by atoms with van der Waals surface area (Å²) in [7, 11) is 0. The van der Waals surface area contributed by atoms with Gasteiger partial charge in [0.2, 0.25) is 0 Å². The lowest BCUT2D eigenvalue weighted by Gasteiger charge is -2.49. The van der Waals surface area contributed by atoms with Crippen molar-refractivity contribution in [3.05, 3.63) is 164 Å². The number of thiazole rings is 1. The second kappa shape index (κ2) is 23.7. The van der Waals surface area contributed by atoms with Crippen LogP contribution in [0, 0.1) is 0 Å². The molecule has 0 radical (unpaired) electrons. The highest BCUT2D eigenvalue weighted by Gasteiger charge is 2.54. The summed E-state index contributed by atoms with van der Waals surface area (Å²) in [4.78, 5) is 116. The number of aromatic carboxylic acids is 1. The van der Waals surface area contributed by atoms with E-state index in [-0.39, 0.29) is 49.1 Å². The van der Waals surface area contributed by atoms with E-state index in [4.69, 9.17) is 24.0 Å². The van der Waals surface area contributed by atoms with Crippen molar-refractivity contribution in [2.75, 3.05) is 16.8 Å². The number of nitrogens with zero attached hydrogens (tertiary/aromatic N) is 3. The SMILES string of the molecule is CC(=O)Oc1ccc(S[C@@H](ON=C(C(=O)N[C@@H]2C(=O)N3C(C(=O)O)=C(CSc4s[nH]c(=O)c4C(=O)O)CS[C@@H]23)c2csc(NC(c3ccccc3)(c3ccccc3)c3ccccc3)n2)C(=O)OC(C)(C)C)cc1OC(C)=O. The first-order chi connectivity index (χ1) is 36.7. The number of carboxylic acids is 2. The van der Waals surface area contributed by atoms with E-state index in [1.807, 2.05) is 91.0 Å². The number of thioether (sulfide) groups is 3. The second-order valence-electron chi connectivity index (χ2n) is 17.7. The zero-order valence-electron chi connectivity index (χ0n) is 41.3. The first-order valence-corrected chi connectivity index (χ1v) is 27.7. The van der Waals surface area contributed by atoms with Crippen molar-refractivity contribution < 1.29 is 62.8 Å². The number of anilines is 1. The number of ether oxygens (including phenoxy) is 3. The summed E-state index contributed by atoms with van der Waals surface area (Å²) in [5.74, 6) is -7.28. The summed E-state index contributed by atoms with van der Waals surface area (Å²) in [6.45, 7) is 7.19. The topological polar surface area (TPSA) is 282 Å². The Kier molecular flexibility index (Phi) is 17.1. The molecule has 2 amide bonds. The fourth-order valence-electron chi connectivity index (χ4n) is 8.04. The number of nitrogens with one attached hydrogen (secondary N) is 3. The van der Waals surface area contributed by atoms with Crippen LogP contribution in [0.15, 0.2) is 145 Å². The minimum Gasteiger partial charge on any atom is -0.477 e. The Morgan fingerprint density at radius 1 is 0.844 bits per heavy atom. The van der Waals surface area contributed by atoms with E-state index in [1.165, 1.54) is 23.6 Å². The number of fused-ring (bicyclic) bond motifs is 1. The maximum Gasteiger partial charge on any atom is 0.361 e. The van der Waals surface area contributed by atoms with Crippen LogP contribution in [0.1, 0.15) is 67.4 Å². The molecular formula is C52H46N6O14S5. The lowest BCUT2D eigenvalue weighted by molar-refractivity contribution is -0.162. The average molecular weight is 1140 g/mol. The molecule has 1 fully saturated rings. The number of carboxylic acid groups (broad SMARTS) is 2. The number of carbonyl (C=O) groups is 7. The summed E-state index contributed by atoms with van der Waals surface area (Å²) >= 11 is 4.75. The molecule has 77 heavy (non-hydrogen) atoms. The van der Waals surface area contributed by atoms with E-state index in [0.29, 0.717) is 5.13 Å². The number of amides is 2. The molecule has 25 heteroatoms. The molecule has 0 aliphatic carbocycles. The van der Waals surface area contributed by atoms with Crippen LogP contribution >= 0.6 is 58.2 Å². The number of hydrogen-bond donors (Lipinski definition) is 5. The van der Waals surface area contributed by atoms with Gasteiger partial charge in [0.25, 0.3) is 22.8 Å². The highest BCUT2D eigenvalue weighted by atomic mass is 32.2. The highest BCUT2D eigenvalue weighted by Crippen LogP contribution is 2.44. The van der Waals surface area contributed by atoms with Crippen LogP contribution < -0.4 is 25.7 Å². The molecule has 5 N–H and O–H groups in total. The molecule has 0 bridgehead atoms. The van der Waals surface area contributed by atoms with Gasteiger partial charge in [0.15, 0.2) is 27.9 Å². The monoisotopic (exact) mass is 1140 g/mol. The summed E-state index contributed by atoms with van der Waals surface area (Å²) in [5.41, 5.74) is -3.16. The highest BCUT2D eigenvalue weighted by molar-refractivity contribution is 8.02. The number of aromatic nitrogens is 2. The van der Waals surface area contributed by atoms with Crippen molar-refractivity contribution in [2.24, 2.45) is 5.16 Å². The largest absolute Gasteiger partial charge is 0.477 e. The third-order valence-corrected chi connectivity index (χ3v) is 16.5. The predicted molar refractivity (Wildman–Crippen MR) is 289 cm³/mol. The number of aliphatic carboxylic acids is 1. The van der Waals surface area contributed by atoms with Crippen molar-refractivity contribution in [1.82, 2.24) is 19.6 Å². The Morgan fingerprint density at radius 3 is 2.00 bits per heavy atom. The molecule has 0 saturated carbocycles. The quantitative estimate of drug-likeness (QED) is 0.00720. The van der Waals surface area contributed by atoms with E-state index >= 15 is 0 Å². The van der Waals surface area contributed by atoms with Crippen LogP contribution in [-0.2, 0) is 43.9 Å². The fraction of sp³-hybridized carbons (Fsp3) is 0.231. The fourth-order valence-corrected chi connectivity index (χ4v) is 13.0. The average Bonchev–Trinajstić information content (AvgIpc) is 4.02. The number of H-pyrrole nitrogens is 1. The van der Waals surface area contributed by atoms with Crippen LogP contribution in [0.2, 0.25) is 0 Å². The minimum absolute atomic E-state index is 0.0597. The lowest BCUT2D eigenvalue weighted by atomic mass is 9.77. The third-order valence-electron chi connectivity index (χ3n) is 11.2. The number of benzene rings is 4. The van der Waals surface area contributed by atoms with Crippen LogP contribution in [0.25, 0.3) is 0 Å². The van der Waals surface area contributed by atoms with Gasteiger partial charge in [-0.25, -0.2) is 19.4 Å². The molecule has 2 aromatic heterocycles. The van der Waals surface area contributed by atoms with Gasteiger partial charge in [0, 0.05) is 35.6 Å². The summed E-state index contributed by atoms with van der Waals surface area (Å²) < 4.78 is 18.7. The van der Waals surface area contributed by atoms with Crippen LogP contribution in [0.3, 0.4) is 0 Å². The minimum atomic E-state index is -1.67. The van der Waals surface area contributed by atoms with Gasteiger partial charge in [-0.05, 0) is 61.2 Å². The standard InChI is InChI=1S/C52H46N6O14S5/c1-27(59)69-35-22-21-33(23-36(35)70-28(2)60)76-48(47(68)71-51(3,4)5)72-56-38(34-26-75-50(53-34)55-52(30-15-9-6-10-16-30,31-17-11-7-12-18-31)32-19-13-8-14-20-32)42(62)54-39-43(63)58-40(46(66)67)29(24-73-44(39)58)25-74-49-37(45(64)65)41(61)57-77-49/h6-23,26,39,44,48H,24-25H2,1-5H3,(H,53,55)(H,54,62)(H,57,61)(H,64,65)(H,66,67)/t39-,44+,48-/m1/s1. The number of hydrogen-bond acceptors (Lipinski definition) is 20. The first-order valence-electron chi connectivity index (χ1n) is 23.1. The second-order valence-corrected chi connectivity index (χ2v) is 22.9. The van der Waals surface area contributed by atoms with Crippen molar-refractivity contribution in [1.29, 1.82) is 0 Å². The van der Waals surface area contributed by atoms with Gasteiger partial charge in [0.05, 0.1) is 4.21 Å². The Hall–Kier alpha value is -7.71. The Morgan fingerprint density at radius 2 is 1.44 bits per heavy atom. The van der Waals surface area contributed by atoms with E-state index < -0.39 is 86.5 Å². The molecule has 0 spiro atoms. The molecule has 398 valence electrons. The van der Waals surface area contributed by atoms with E-state index in [0.717, 1.165) is 93.6 Å². The number of esters is 3. The van der Waals surface area contributed by atoms with Gasteiger partial charge in [-0.1, -0.05) is 119 Å². The molecule has 20 nitrogen and oxygen atoms in total. The van der Waals surface area contributed by atoms with Crippen LogP contribution in [0.4, 0.5) is 5.13 Å². The molecule has 8 rings (SSSR count). The normalized spacial score (nSPS) is 15.8. The van der Waals surface area contributed by atoms with Gasteiger partial charge in [0.1, 0.15) is 33.9 Å². The van der Waals surface area contributed by atoms with E-state index in [9.17, 15) is 48.6 Å². The molecule has 3 atom stereocenters. The molecule has 6 aromatic rings. The zero-order chi connectivity index (χ0) is 55.2. The van der Waals surface area contributed by atoms with Crippen molar-refractivity contribution in [3.8, 4) is 11.5 Å². The molecule has 2 aliphatic rings. The predicted octanol–water partition coefficient (Wildman–Crippen LogP) is 7.56. The maximum atomic E-state index is 14.8. The number of aromatic amines is 1. The molecule has 4 aromatic carbocycles. The van der Waals surface area contributed by atoms with E-state index in [2.05, 4.69) is 20.2 Å². The molecule has 4 heterocycles. The van der Waals surface area contributed by atoms with Crippen molar-refractivity contribution in [3.63, 3.8) is 0 Å². The Balaban J connectivity index is 1.16.